The Morgan fingerprint density at radius 2 is 1.11 bits per heavy atom. The molecule has 3 rings (SSSR count). The van der Waals surface area contributed by atoms with Gasteiger partial charge >= 0.3 is 0 Å². The van der Waals surface area contributed by atoms with E-state index in [4.69, 9.17) is 0 Å². The summed E-state index contributed by atoms with van der Waals surface area (Å²) in [4.78, 5) is 15.2. The zero-order chi connectivity index (χ0) is 18.9. The molecule has 0 radical (unpaired) electrons. The van der Waals surface area contributed by atoms with Crippen LogP contribution in [-0.2, 0) is 24.3 Å². The first kappa shape index (κ1) is 19.1. The molecule has 0 N–H and O–H groups in total. The third-order valence-corrected chi connectivity index (χ3v) is 4.89. The Kier molecular flexibility index (Phi) is 6.95. The van der Waals surface area contributed by atoms with Gasteiger partial charge in [-0.1, -0.05) is 97.9 Å². The number of Topliss-reactive ketones (excluding diaryl/α,β-unsaturated/α-hetero) is 1. The Morgan fingerprint density at radius 1 is 0.704 bits per heavy atom. The molecule has 138 valence electrons. The van der Waals surface area contributed by atoms with E-state index in [0.717, 1.165) is 19.5 Å². The average molecular weight is 357 g/mol. The minimum atomic E-state index is -0.127. The van der Waals surface area contributed by atoms with Crippen LogP contribution in [0.1, 0.15) is 30.0 Å². The summed E-state index contributed by atoms with van der Waals surface area (Å²) in [5.74, 6) is 0.297. The summed E-state index contributed by atoms with van der Waals surface area (Å²) in [5.41, 5.74) is 3.67. The number of hydrogen-bond donors (Lipinski definition) is 0. The standard InChI is InChI=1S/C25H27NO/c1-2-25(27)24(18-21-12-6-3-7-13-21)26(19-22-14-8-4-9-15-22)20-23-16-10-5-11-17-23/h3-17,24H,2,18-20H2,1H3/t24-/m0/s1. The second-order valence-electron chi connectivity index (χ2n) is 6.90. The molecule has 0 aromatic heterocycles. The molecule has 0 saturated heterocycles. The number of carbonyl (C=O) groups is 1. The molecule has 2 heteroatoms. The number of rotatable bonds is 9. The van der Waals surface area contributed by atoms with Crippen molar-refractivity contribution in [3.63, 3.8) is 0 Å². The first-order chi connectivity index (χ1) is 13.3. The van der Waals surface area contributed by atoms with Crippen LogP contribution in [-0.4, -0.2) is 16.7 Å². The van der Waals surface area contributed by atoms with Crippen molar-refractivity contribution in [2.24, 2.45) is 0 Å². The molecule has 0 heterocycles. The largest absolute Gasteiger partial charge is 0.298 e. The lowest BCUT2D eigenvalue weighted by Gasteiger charge is -2.31. The molecule has 1 atom stereocenters. The molecule has 0 unspecified atom stereocenters. The summed E-state index contributed by atoms with van der Waals surface area (Å²) < 4.78 is 0. The van der Waals surface area contributed by atoms with Gasteiger partial charge in [-0.3, -0.25) is 9.69 Å². The summed E-state index contributed by atoms with van der Waals surface area (Å²) in [7, 11) is 0. The molecule has 0 aliphatic heterocycles. The van der Waals surface area contributed by atoms with Gasteiger partial charge in [-0.15, -0.1) is 0 Å². The number of carbonyl (C=O) groups excluding carboxylic acids is 1. The molecule has 0 saturated carbocycles. The van der Waals surface area contributed by atoms with Gasteiger partial charge in [-0.2, -0.15) is 0 Å². The van der Waals surface area contributed by atoms with Gasteiger partial charge in [0, 0.05) is 19.5 Å². The predicted octanol–water partition coefficient (Wildman–Crippen LogP) is 5.28. The number of benzene rings is 3. The molecular weight excluding hydrogens is 330 g/mol. The highest BCUT2D eigenvalue weighted by atomic mass is 16.1. The summed E-state index contributed by atoms with van der Waals surface area (Å²) in [6, 6.07) is 31.0. The van der Waals surface area contributed by atoms with E-state index >= 15 is 0 Å². The summed E-state index contributed by atoms with van der Waals surface area (Å²) in [5, 5.41) is 0. The Labute approximate surface area is 162 Å². The monoisotopic (exact) mass is 357 g/mol. The van der Waals surface area contributed by atoms with Crippen LogP contribution in [0.25, 0.3) is 0 Å². The minimum absolute atomic E-state index is 0.127. The molecule has 0 fully saturated rings. The van der Waals surface area contributed by atoms with Crippen LogP contribution in [0.5, 0.6) is 0 Å². The molecule has 0 bridgehead atoms. The van der Waals surface area contributed by atoms with E-state index in [2.05, 4.69) is 65.6 Å². The van der Waals surface area contributed by atoms with Crippen molar-refractivity contribution in [1.29, 1.82) is 0 Å². The van der Waals surface area contributed by atoms with Crippen molar-refractivity contribution in [2.75, 3.05) is 0 Å². The van der Waals surface area contributed by atoms with E-state index in [1.54, 1.807) is 0 Å². The maximum absolute atomic E-state index is 12.9. The van der Waals surface area contributed by atoms with Crippen LogP contribution in [0.3, 0.4) is 0 Å². The Bertz CT molecular complexity index is 773. The molecule has 0 aliphatic rings. The average Bonchev–Trinajstić information content (AvgIpc) is 2.73. The van der Waals surface area contributed by atoms with Gasteiger partial charge in [0.05, 0.1) is 6.04 Å². The second kappa shape index (κ2) is 9.84. The SMILES string of the molecule is CCC(=O)[C@H](Cc1ccccc1)N(Cc1ccccc1)Cc1ccccc1. The highest BCUT2D eigenvalue weighted by Gasteiger charge is 2.25. The third kappa shape index (κ3) is 5.63. The quantitative estimate of drug-likeness (QED) is 0.519. The zero-order valence-corrected chi connectivity index (χ0v) is 15.9. The fourth-order valence-corrected chi connectivity index (χ4v) is 3.43. The van der Waals surface area contributed by atoms with Gasteiger partial charge in [0.15, 0.2) is 0 Å². The van der Waals surface area contributed by atoms with Crippen molar-refractivity contribution in [2.45, 2.75) is 38.9 Å². The summed E-state index contributed by atoms with van der Waals surface area (Å²) in [6.45, 7) is 3.49. The second-order valence-corrected chi connectivity index (χ2v) is 6.90. The van der Waals surface area contributed by atoms with Crippen LogP contribution in [0, 0.1) is 0 Å². The van der Waals surface area contributed by atoms with Gasteiger partial charge in [0.1, 0.15) is 5.78 Å². The van der Waals surface area contributed by atoms with Gasteiger partial charge in [-0.05, 0) is 23.1 Å². The first-order valence-electron chi connectivity index (χ1n) is 9.65. The Morgan fingerprint density at radius 3 is 1.52 bits per heavy atom. The molecule has 2 nitrogen and oxygen atoms in total. The Balaban J connectivity index is 1.89. The summed E-state index contributed by atoms with van der Waals surface area (Å²) >= 11 is 0. The molecule has 0 spiro atoms. The van der Waals surface area contributed by atoms with Gasteiger partial charge in [0.2, 0.25) is 0 Å². The van der Waals surface area contributed by atoms with Crippen LogP contribution < -0.4 is 0 Å². The van der Waals surface area contributed by atoms with Crippen molar-refractivity contribution in [1.82, 2.24) is 4.90 Å². The highest BCUT2D eigenvalue weighted by Crippen LogP contribution is 2.18. The number of ketones is 1. The van der Waals surface area contributed by atoms with Crippen molar-refractivity contribution >= 4 is 5.78 Å². The van der Waals surface area contributed by atoms with Crippen LogP contribution in [0.2, 0.25) is 0 Å². The fourth-order valence-electron chi connectivity index (χ4n) is 3.43. The predicted molar refractivity (Wildman–Crippen MR) is 111 cm³/mol. The van der Waals surface area contributed by atoms with E-state index < -0.39 is 0 Å². The third-order valence-electron chi connectivity index (χ3n) is 4.89. The highest BCUT2D eigenvalue weighted by molar-refractivity contribution is 5.84. The van der Waals surface area contributed by atoms with Crippen LogP contribution >= 0.6 is 0 Å². The molecule has 3 aromatic carbocycles. The van der Waals surface area contributed by atoms with E-state index in [9.17, 15) is 4.79 Å². The van der Waals surface area contributed by atoms with E-state index in [0.29, 0.717) is 12.2 Å². The van der Waals surface area contributed by atoms with Crippen LogP contribution in [0.15, 0.2) is 91.0 Å². The van der Waals surface area contributed by atoms with Crippen LogP contribution in [0.4, 0.5) is 0 Å². The lowest BCUT2D eigenvalue weighted by Crippen LogP contribution is -2.41. The van der Waals surface area contributed by atoms with Gasteiger partial charge < -0.3 is 0 Å². The lowest BCUT2D eigenvalue weighted by atomic mass is 9.98. The van der Waals surface area contributed by atoms with Crippen molar-refractivity contribution < 1.29 is 4.79 Å². The maximum Gasteiger partial charge on any atom is 0.150 e. The topological polar surface area (TPSA) is 20.3 Å². The van der Waals surface area contributed by atoms with Gasteiger partial charge in [-0.25, -0.2) is 0 Å². The Hall–Kier alpha value is -2.71. The minimum Gasteiger partial charge on any atom is -0.298 e. The smallest absolute Gasteiger partial charge is 0.150 e. The van der Waals surface area contributed by atoms with Crippen molar-refractivity contribution in [3.8, 4) is 0 Å². The van der Waals surface area contributed by atoms with E-state index in [1.165, 1.54) is 16.7 Å². The first-order valence-corrected chi connectivity index (χ1v) is 9.65. The fraction of sp³-hybridized carbons (Fsp3) is 0.240. The van der Waals surface area contributed by atoms with E-state index in [1.807, 2.05) is 37.3 Å². The lowest BCUT2D eigenvalue weighted by molar-refractivity contribution is -0.124. The van der Waals surface area contributed by atoms with E-state index in [-0.39, 0.29) is 6.04 Å². The van der Waals surface area contributed by atoms with Crippen molar-refractivity contribution in [3.05, 3.63) is 108 Å². The molecular formula is C25H27NO. The van der Waals surface area contributed by atoms with Gasteiger partial charge in [0.25, 0.3) is 0 Å². The summed E-state index contributed by atoms with van der Waals surface area (Å²) in [6.07, 6.45) is 1.30. The maximum atomic E-state index is 12.9. The normalized spacial score (nSPS) is 12.1. The zero-order valence-electron chi connectivity index (χ0n) is 15.9. The number of nitrogens with zero attached hydrogens (tertiary/aromatic N) is 1. The number of hydrogen-bond acceptors (Lipinski definition) is 2. The molecule has 27 heavy (non-hydrogen) atoms. The molecule has 0 aliphatic carbocycles. The molecule has 3 aromatic rings. The molecule has 0 amide bonds.